The third-order valence-electron chi connectivity index (χ3n) is 3.38. The molecule has 0 aliphatic carbocycles. The van der Waals surface area contributed by atoms with Crippen LogP contribution in [0.1, 0.15) is 39.8 Å². The van der Waals surface area contributed by atoms with E-state index in [4.69, 9.17) is 0 Å². The van der Waals surface area contributed by atoms with Gasteiger partial charge in [0.25, 0.3) is 0 Å². The Morgan fingerprint density at radius 3 is 2.35 bits per heavy atom. The number of aryl methyl sites for hydroxylation is 1. The fourth-order valence-electron chi connectivity index (χ4n) is 2.21. The summed E-state index contributed by atoms with van der Waals surface area (Å²) in [4.78, 5) is 0.399. The molecule has 20 heavy (non-hydrogen) atoms. The minimum atomic E-state index is -3.36. The molecule has 0 saturated carbocycles. The third kappa shape index (κ3) is 3.84. The van der Waals surface area contributed by atoms with E-state index in [1.807, 2.05) is 25.3 Å². The van der Waals surface area contributed by atoms with E-state index < -0.39 is 10.0 Å². The first kappa shape index (κ1) is 17.2. The summed E-state index contributed by atoms with van der Waals surface area (Å²) >= 11 is 0. The Morgan fingerprint density at radius 1 is 1.20 bits per heavy atom. The van der Waals surface area contributed by atoms with Gasteiger partial charge in [-0.2, -0.15) is 4.31 Å². The monoisotopic (exact) mass is 301 g/mol. The van der Waals surface area contributed by atoms with Crippen molar-refractivity contribution in [3.8, 4) is 0 Å². The van der Waals surface area contributed by atoms with E-state index in [0.717, 1.165) is 25.2 Å². The third-order valence-corrected chi connectivity index (χ3v) is 5.39. The fourth-order valence-corrected chi connectivity index (χ4v) is 3.74. The van der Waals surface area contributed by atoms with Gasteiger partial charge in [-0.25, -0.2) is 8.42 Å². The predicted molar refractivity (Wildman–Crippen MR) is 82.2 cm³/mol. The van der Waals surface area contributed by atoms with Crippen LogP contribution in [-0.2, 0) is 23.1 Å². The first-order chi connectivity index (χ1) is 9.51. The Morgan fingerprint density at radius 2 is 1.85 bits per heavy atom. The average Bonchev–Trinajstić information content (AvgIpc) is 2.84. The number of nitrogens with zero attached hydrogens (tertiary/aromatic N) is 2. The zero-order chi connectivity index (χ0) is 15.2. The molecule has 0 bridgehead atoms. The summed E-state index contributed by atoms with van der Waals surface area (Å²) in [6.07, 6.45) is 2.81. The van der Waals surface area contributed by atoms with Crippen molar-refractivity contribution in [2.75, 3.05) is 19.6 Å². The highest BCUT2D eigenvalue weighted by atomic mass is 32.2. The topological polar surface area (TPSA) is 54.3 Å². The van der Waals surface area contributed by atoms with Gasteiger partial charge in [0.05, 0.1) is 0 Å². The molecule has 0 spiro atoms. The standard InChI is InChI=1S/C14H27N3O2S/c1-5-9-15-11-13-10-14(12-16(13)6-2)20(18,19)17(7-3)8-4/h10,12,15H,5-9,11H2,1-4H3. The van der Waals surface area contributed by atoms with Crippen LogP contribution in [0.2, 0.25) is 0 Å². The van der Waals surface area contributed by atoms with Gasteiger partial charge in [0.2, 0.25) is 10.0 Å². The molecule has 1 aromatic heterocycles. The van der Waals surface area contributed by atoms with Gasteiger partial charge in [-0.15, -0.1) is 0 Å². The van der Waals surface area contributed by atoms with Crippen molar-refractivity contribution in [1.29, 1.82) is 0 Å². The van der Waals surface area contributed by atoms with Crippen LogP contribution in [0, 0.1) is 0 Å². The maximum absolute atomic E-state index is 12.5. The number of hydrogen-bond acceptors (Lipinski definition) is 3. The summed E-state index contributed by atoms with van der Waals surface area (Å²) in [5.41, 5.74) is 1.02. The van der Waals surface area contributed by atoms with Crippen LogP contribution in [0.3, 0.4) is 0 Å². The van der Waals surface area contributed by atoms with Gasteiger partial charge < -0.3 is 9.88 Å². The number of aromatic nitrogens is 1. The van der Waals surface area contributed by atoms with Crippen LogP contribution in [-0.4, -0.2) is 36.9 Å². The Bertz CT molecular complexity index is 504. The first-order valence-corrected chi connectivity index (χ1v) is 8.85. The summed E-state index contributed by atoms with van der Waals surface area (Å²) in [5, 5.41) is 3.32. The lowest BCUT2D eigenvalue weighted by Crippen LogP contribution is -2.30. The summed E-state index contributed by atoms with van der Waals surface area (Å²) in [6, 6.07) is 1.79. The van der Waals surface area contributed by atoms with Crippen molar-refractivity contribution in [1.82, 2.24) is 14.2 Å². The summed E-state index contributed by atoms with van der Waals surface area (Å²) in [5.74, 6) is 0. The molecule has 0 radical (unpaired) electrons. The molecular formula is C14H27N3O2S. The van der Waals surface area contributed by atoms with E-state index in [-0.39, 0.29) is 0 Å². The molecule has 0 fully saturated rings. The van der Waals surface area contributed by atoms with Crippen LogP contribution in [0.5, 0.6) is 0 Å². The van der Waals surface area contributed by atoms with Crippen LogP contribution < -0.4 is 5.32 Å². The molecule has 116 valence electrons. The lowest BCUT2D eigenvalue weighted by Gasteiger charge is -2.17. The molecule has 6 heteroatoms. The Kier molecular flexibility index (Phi) is 6.71. The van der Waals surface area contributed by atoms with Gasteiger partial charge in [-0.3, -0.25) is 0 Å². The minimum Gasteiger partial charge on any atom is -0.349 e. The van der Waals surface area contributed by atoms with Gasteiger partial charge in [0.1, 0.15) is 4.90 Å². The molecule has 1 N–H and O–H groups in total. The summed E-state index contributed by atoms with van der Waals surface area (Å²) in [7, 11) is -3.36. The molecule has 0 aromatic carbocycles. The molecule has 0 amide bonds. The lowest BCUT2D eigenvalue weighted by molar-refractivity contribution is 0.445. The van der Waals surface area contributed by atoms with Crippen molar-refractivity contribution in [3.05, 3.63) is 18.0 Å². The van der Waals surface area contributed by atoms with Crippen LogP contribution >= 0.6 is 0 Å². The molecule has 1 aromatic rings. The van der Waals surface area contributed by atoms with Gasteiger partial charge in [0, 0.05) is 38.1 Å². The number of hydrogen-bond donors (Lipinski definition) is 1. The van der Waals surface area contributed by atoms with E-state index in [9.17, 15) is 8.42 Å². The normalized spacial score (nSPS) is 12.2. The van der Waals surface area contributed by atoms with Crippen molar-refractivity contribution in [2.24, 2.45) is 0 Å². The van der Waals surface area contributed by atoms with E-state index in [1.54, 1.807) is 12.3 Å². The largest absolute Gasteiger partial charge is 0.349 e. The molecule has 0 saturated heterocycles. The molecule has 0 aliphatic heterocycles. The molecule has 0 unspecified atom stereocenters. The zero-order valence-corrected chi connectivity index (χ0v) is 13.8. The molecular weight excluding hydrogens is 274 g/mol. The second-order valence-corrected chi connectivity index (χ2v) is 6.66. The van der Waals surface area contributed by atoms with Crippen molar-refractivity contribution in [2.45, 2.75) is 52.1 Å². The molecule has 5 nitrogen and oxygen atoms in total. The van der Waals surface area contributed by atoms with Gasteiger partial charge >= 0.3 is 0 Å². The van der Waals surface area contributed by atoms with E-state index in [1.165, 1.54) is 4.31 Å². The van der Waals surface area contributed by atoms with E-state index in [2.05, 4.69) is 12.2 Å². The minimum absolute atomic E-state index is 0.399. The van der Waals surface area contributed by atoms with Crippen LogP contribution in [0.4, 0.5) is 0 Å². The lowest BCUT2D eigenvalue weighted by atomic mass is 10.4. The maximum atomic E-state index is 12.5. The fraction of sp³-hybridized carbons (Fsp3) is 0.714. The number of nitrogens with one attached hydrogen (secondary N) is 1. The summed E-state index contributed by atoms with van der Waals surface area (Å²) < 4.78 is 28.5. The highest BCUT2D eigenvalue weighted by molar-refractivity contribution is 7.89. The Labute approximate surface area is 123 Å². The quantitative estimate of drug-likeness (QED) is 0.710. The van der Waals surface area contributed by atoms with E-state index >= 15 is 0 Å². The Balaban J connectivity index is 3.02. The smallest absolute Gasteiger partial charge is 0.244 e. The SMILES string of the molecule is CCCNCc1cc(S(=O)(=O)N(CC)CC)cn1CC. The van der Waals surface area contributed by atoms with E-state index in [0.29, 0.717) is 24.5 Å². The molecule has 1 heterocycles. The average molecular weight is 301 g/mol. The van der Waals surface area contributed by atoms with Crippen molar-refractivity contribution < 1.29 is 8.42 Å². The molecule has 0 aliphatic rings. The number of rotatable bonds is 9. The van der Waals surface area contributed by atoms with Crippen molar-refractivity contribution >= 4 is 10.0 Å². The first-order valence-electron chi connectivity index (χ1n) is 7.41. The van der Waals surface area contributed by atoms with Gasteiger partial charge in [-0.05, 0) is 26.0 Å². The van der Waals surface area contributed by atoms with Crippen LogP contribution in [0.15, 0.2) is 17.2 Å². The summed E-state index contributed by atoms with van der Waals surface area (Å²) in [6.45, 7) is 11.3. The highest BCUT2D eigenvalue weighted by Crippen LogP contribution is 2.19. The predicted octanol–water partition coefficient (Wildman–Crippen LogP) is 2.04. The van der Waals surface area contributed by atoms with Gasteiger partial charge in [0.15, 0.2) is 0 Å². The van der Waals surface area contributed by atoms with Crippen LogP contribution in [0.25, 0.3) is 0 Å². The van der Waals surface area contributed by atoms with Crippen molar-refractivity contribution in [3.63, 3.8) is 0 Å². The molecule has 1 rings (SSSR count). The highest BCUT2D eigenvalue weighted by Gasteiger charge is 2.23. The Hall–Kier alpha value is -0.850. The second kappa shape index (κ2) is 7.81. The zero-order valence-electron chi connectivity index (χ0n) is 13.0. The number of sulfonamides is 1. The maximum Gasteiger partial charge on any atom is 0.244 e. The molecule has 0 atom stereocenters. The van der Waals surface area contributed by atoms with Gasteiger partial charge in [-0.1, -0.05) is 20.8 Å². The second-order valence-electron chi connectivity index (χ2n) is 4.72.